The van der Waals surface area contributed by atoms with Crippen molar-refractivity contribution in [3.05, 3.63) is 75.7 Å². The van der Waals surface area contributed by atoms with Crippen molar-refractivity contribution < 1.29 is 0 Å². The van der Waals surface area contributed by atoms with Gasteiger partial charge in [-0.25, -0.2) is 4.68 Å². The lowest BCUT2D eigenvalue weighted by Gasteiger charge is -2.03. The van der Waals surface area contributed by atoms with Crippen LogP contribution < -0.4 is 4.80 Å². The highest BCUT2D eigenvalue weighted by Gasteiger charge is 2.08. The third-order valence-electron chi connectivity index (χ3n) is 3.89. The molecule has 2 heterocycles. The number of nitrogens with zero attached hydrogens (tertiary/aromatic N) is 3. The normalized spacial score (nSPS) is 12.4. The minimum atomic E-state index is 0.744. The number of benzene rings is 2. The summed E-state index contributed by atoms with van der Waals surface area (Å²) < 4.78 is 1.95. The average molecular weight is 364 g/mol. The summed E-state index contributed by atoms with van der Waals surface area (Å²) in [5, 5.41) is 11.4. The molecule has 25 heavy (non-hydrogen) atoms. The van der Waals surface area contributed by atoms with E-state index in [9.17, 15) is 0 Å². The van der Waals surface area contributed by atoms with E-state index < -0.39 is 0 Å². The van der Waals surface area contributed by atoms with E-state index in [0.29, 0.717) is 0 Å². The smallest absolute Gasteiger partial charge is 0.206 e. The van der Waals surface area contributed by atoms with E-state index in [4.69, 9.17) is 5.10 Å². The Morgan fingerprint density at radius 1 is 1.00 bits per heavy atom. The molecular weight excluding hydrogens is 346 g/mol. The first-order valence-corrected chi connectivity index (χ1v) is 9.90. The molecule has 2 aromatic carbocycles. The van der Waals surface area contributed by atoms with Gasteiger partial charge in [0.05, 0.1) is 16.8 Å². The number of aromatic nitrogens is 1. The van der Waals surface area contributed by atoms with Gasteiger partial charge in [-0.3, -0.25) is 4.99 Å². The van der Waals surface area contributed by atoms with E-state index in [1.807, 2.05) is 17.8 Å². The number of thiazole rings is 1. The van der Waals surface area contributed by atoms with Gasteiger partial charge in [-0.05, 0) is 29.1 Å². The summed E-state index contributed by atoms with van der Waals surface area (Å²) in [5.74, 6) is 0. The SMILES string of the molecule is CCN=c1scc(-c2cccs2)n1N=Cc1cccc2ccccc12. The molecule has 0 saturated carbocycles. The van der Waals surface area contributed by atoms with Gasteiger partial charge >= 0.3 is 0 Å². The molecule has 2 aromatic heterocycles. The Kier molecular flexibility index (Phi) is 4.59. The van der Waals surface area contributed by atoms with Crippen LogP contribution in [0.5, 0.6) is 0 Å². The van der Waals surface area contributed by atoms with Gasteiger partial charge in [-0.15, -0.1) is 22.7 Å². The molecular formula is C20H17N3S2. The van der Waals surface area contributed by atoms with E-state index in [1.54, 1.807) is 22.7 Å². The Bertz CT molecular complexity index is 1080. The Morgan fingerprint density at radius 3 is 2.72 bits per heavy atom. The van der Waals surface area contributed by atoms with Crippen molar-refractivity contribution in [2.45, 2.75) is 6.92 Å². The molecule has 0 amide bonds. The van der Waals surface area contributed by atoms with Crippen LogP contribution in [0.25, 0.3) is 21.3 Å². The topological polar surface area (TPSA) is 29.6 Å². The maximum atomic E-state index is 4.78. The average Bonchev–Trinajstić information content (AvgIpc) is 3.30. The second-order valence-corrected chi connectivity index (χ2v) is 7.26. The lowest BCUT2D eigenvalue weighted by molar-refractivity contribution is 0.835. The highest BCUT2D eigenvalue weighted by atomic mass is 32.1. The van der Waals surface area contributed by atoms with Crippen LogP contribution in [0, 0.1) is 0 Å². The van der Waals surface area contributed by atoms with Crippen molar-refractivity contribution >= 4 is 39.7 Å². The third-order valence-corrected chi connectivity index (χ3v) is 5.63. The highest BCUT2D eigenvalue weighted by Crippen LogP contribution is 2.25. The van der Waals surface area contributed by atoms with Crippen LogP contribution in [0.2, 0.25) is 0 Å². The predicted octanol–water partition coefficient (Wildman–Crippen LogP) is 5.23. The summed E-state index contributed by atoms with van der Waals surface area (Å²) >= 11 is 3.34. The molecule has 0 atom stereocenters. The predicted molar refractivity (Wildman–Crippen MR) is 109 cm³/mol. The molecule has 124 valence electrons. The van der Waals surface area contributed by atoms with Crippen molar-refractivity contribution in [1.82, 2.24) is 4.68 Å². The maximum absolute atomic E-state index is 4.78. The molecule has 4 rings (SSSR count). The van der Waals surface area contributed by atoms with Crippen LogP contribution in [0.1, 0.15) is 12.5 Å². The molecule has 3 nitrogen and oxygen atoms in total. The van der Waals surface area contributed by atoms with Crippen LogP contribution in [0.15, 0.2) is 75.5 Å². The number of fused-ring (bicyclic) bond motifs is 1. The molecule has 0 aliphatic heterocycles. The Hall–Kier alpha value is -2.50. The quantitative estimate of drug-likeness (QED) is 0.444. The number of thiophene rings is 1. The number of hydrogen-bond donors (Lipinski definition) is 0. The first-order chi connectivity index (χ1) is 12.4. The molecule has 0 unspecified atom stereocenters. The van der Waals surface area contributed by atoms with Gasteiger partial charge in [0, 0.05) is 17.5 Å². The van der Waals surface area contributed by atoms with Gasteiger partial charge in [-0.1, -0.05) is 48.5 Å². The summed E-state index contributed by atoms with van der Waals surface area (Å²) in [7, 11) is 0. The molecule has 0 N–H and O–H groups in total. The zero-order valence-electron chi connectivity index (χ0n) is 13.8. The highest BCUT2D eigenvalue weighted by molar-refractivity contribution is 7.14. The van der Waals surface area contributed by atoms with E-state index in [0.717, 1.165) is 22.6 Å². The molecule has 0 radical (unpaired) electrons. The van der Waals surface area contributed by atoms with Gasteiger partial charge < -0.3 is 0 Å². The van der Waals surface area contributed by atoms with Crippen molar-refractivity contribution in [2.24, 2.45) is 10.1 Å². The van der Waals surface area contributed by atoms with Gasteiger partial charge in [0.2, 0.25) is 4.80 Å². The fourth-order valence-electron chi connectivity index (χ4n) is 2.73. The number of hydrogen-bond acceptors (Lipinski definition) is 4. The molecule has 0 aliphatic rings. The molecule has 0 bridgehead atoms. The van der Waals surface area contributed by atoms with Gasteiger partial charge in [0.15, 0.2) is 0 Å². The summed E-state index contributed by atoms with van der Waals surface area (Å²) in [6, 6.07) is 18.8. The summed E-state index contributed by atoms with van der Waals surface area (Å²) in [6.07, 6.45) is 1.93. The Balaban J connectivity index is 1.83. The lowest BCUT2D eigenvalue weighted by Crippen LogP contribution is -2.12. The van der Waals surface area contributed by atoms with E-state index >= 15 is 0 Å². The van der Waals surface area contributed by atoms with E-state index in [-0.39, 0.29) is 0 Å². The van der Waals surface area contributed by atoms with E-state index in [1.165, 1.54) is 15.6 Å². The first kappa shape index (κ1) is 16.0. The fraction of sp³-hybridized carbons (Fsp3) is 0.100. The van der Waals surface area contributed by atoms with Crippen LogP contribution in [0.3, 0.4) is 0 Å². The second-order valence-electron chi connectivity index (χ2n) is 5.48. The first-order valence-electron chi connectivity index (χ1n) is 8.14. The molecule has 0 fully saturated rings. The molecule has 5 heteroatoms. The molecule has 4 aromatic rings. The maximum Gasteiger partial charge on any atom is 0.206 e. The van der Waals surface area contributed by atoms with Crippen LogP contribution >= 0.6 is 22.7 Å². The van der Waals surface area contributed by atoms with Crippen molar-refractivity contribution in [3.8, 4) is 10.6 Å². The number of rotatable bonds is 4. The monoisotopic (exact) mass is 363 g/mol. The molecule has 0 aliphatic carbocycles. The van der Waals surface area contributed by atoms with E-state index in [2.05, 4.69) is 70.3 Å². The van der Waals surface area contributed by atoms with Crippen molar-refractivity contribution in [1.29, 1.82) is 0 Å². The second kappa shape index (κ2) is 7.17. The zero-order valence-corrected chi connectivity index (χ0v) is 15.4. The van der Waals surface area contributed by atoms with Crippen molar-refractivity contribution in [3.63, 3.8) is 0 Å². The van der Waals surface area contributed by atoms with Gasteiger partial charge in [-0.2, -0.15) is 5.10 Å². The minimum Gasteiger partial charge on any atom is -0.258 e. The molecule has 0 saturated heterocycles. The fourth-order valence-corrected chi connectivity index (χ4v) is 4.43. The largest absolute Gasteiger partial charge is 0.258 e. The standard InChI is InChI=1S/C20H17N3S2/c1-2-21-20-23(18(14-25-20)19-11-6-12-24-19)22-13-16-9-5-8-15-7-3-4-10-17(15)16/h3-14H,2H2,1H3. The zero-order chi connectivity index (χ0) is 17.1. The summed E-state index contributed by atoms with van der Waals surface area (Å²) in [4.78, 5) is 6.70. The van der Waals surface area contributed by atoms with Crippen LogP contribution in [-0.2, 0) is 0 Å². The van der Waals surface area contributed by atoms with Crippen LogP contribution in [0.4, 0.5) is 0 Å². The summed E-state index contributed by atoms with van der Waals surface area (Å²) in [5.41, 5.74) is 2.19. The Morgan fingerprint density at radius 2 is 1.88 bits per heavy atom. The lowest BCUT2D eigenvalue weighted by atomic mass is 10.1. The third kappa shape index (κ3) is 3.21. The van der Waals surface area contributed by atoms with Gasteiger partial charge in [0.25, 0.3) is 0 Å². The summed E-state index contributed by atoms with van der Waals surface area (Å²) in [6.45, 7) is 2.79. The minimum absolute atomic E-state index is 0.744. The van der Waals surface area contributed by atoms with Crippen LogP contribution in [-0.4, -0.2) is 17.4 Å². The van der Waals surface area contributed by atoms with Gasteiger partial charge in [0.1, 0.15) is 0 Å². The Labute approximate surface area is 154 Å². The molecule has 0 spiro atoms. The van der Waals surface area contributed by atoms with Crippen molar-refractivity contribution in [2.75, 3.05) is 6.54 Å².